The Bertz CT molecular complexity index is 530. The molecule has 0 fully saturated rings. The number of aliphatic hydroxyl groups is 2. The van der Waals surface area contributed by atoms with Crippen molar-refractivity contribution in [3.63, 3.8) is 0 Å². The summed E-state index contributed by atoms with van der Waals surface area (Å²) in [6, 6.07) is 2.35. The maximum Gasteiger partial charge on any atom is 0.216 e. The third-order valence-electron chi connectivity index (χ3n) is 8.09. The summed E-state index contributed by atoms with van der Waals surface area (Å²) in [5.74, 6) is 0. The maximum absolute atomic E-state index is 9.59. The van der Waals surface area contributed by atoms with Crippen molar-refractivity contribution in [3.05, 3.63) is 0 Å². The third kappa shape index (κ3) is 10.5. The molecule has 0 saturated carbocycles. The first-order chi connectivity index (χ1) is 15.1. The molecule has 0 spiro atoms. The average Bonchev–Trinajstić information content (AvgIpc) is 2.74. The van der Waals surface area contributed by atoms with E-state index in [1.807, 2.05) is 6.92 Å². The van der Waals surface area contributed by atoms with Gasteiger partial charge < -0.3 is 23.8 Å². The molecule has 5 nitrogen and oxygen atoms in total. The van der Waals surface area contributed by atoms with E-state index >= 15 is 0 Å². The van der Waals surface area contributed by atoms with Crippen LogP contribution >= 0.6 is 0 Å². The van der Waals surface area contributed by atoms with Gasteiger partial charge in [0, 0.05) is 17.7 Å². The zero-order valence-corrected chi connectivity index (χ0v) is 27.0. The van der Waals surface area contributed by atoms with E-state index in [4.69, 9.17) is 13.6 Å². The standard InChI is InChI=1S/C25H58O5Si3/c1-12-15-18-31(6,7)23(4)29-33(10,11)24(5,13-2)30-32(8,9)19-16-17-28-22-25(14-3,20-26)21-27/h23,26-27H,12-22H2,1-11H3. The van der Waals surface area contributed by atoms with Gasteiger partial charge in [0.25, 0.3) is 0 Å². The number of aliphatic hydroxyl groups excluding tert-OH is 2. The van der Waals surface area contributed by atoms with Crippen molar-refractivity contribution in [2.75, 3.05) is 26.4 Å². The molecule has 0 saturated heterocycles. The third-order valence-corrected chi connectivity index (χ3v) is 19.0. The van der Waals surface area contributed by atoms with E-state index in [2.05, 4.69) is 67.0 Å². The smallest absolute Gasteiger partial charge is 0.216 e. The van der Waals surface area contributed by atoms with E-state index in [9.17, 15) is 10.2 Å². The molecule has 2 unspecified atom stereocenters. The van der Waals surface area contributed by atoms with Gasteiger partial charge in [0.15, 0.2) is 8.32 Å². The lowest BCUT2D eigenvalue weighted by atomic mass is 9.88. The van der Waals surface area contributed by atoms with Gasteiger partial charge in [-0.1, -0.05) is 52.8 Å². The Kier molecular flexibility index (Phi) is 14.5. The zero-order chi connectivity index (χ0) is 26.0. The molecule has 0 aliphatic carbocycles. The Hall–Kier alpha value is 0.451. The summed E-state index contributed by atoms with van der Waals surface area (Å²) >= 11 is 0. The largest absolute Gasteiger partial charge is 0.415 e. The molecule has 0 aliphatic heterocycles. The van der Waals surface area contributed by atoms with Gasteiger partial charge in [0.05, 0.1) is 33.1 Å². The summed E-state index contributed by atoms with van der Waals surface area (Å²) in [6.45, 7) is 26.3. The van der Waals surface area contributed by atoms with Crippen LogP contribution in [0.15, 0.2) is 0 Å². The highest BCUT2D eigenvalue weighted by Gasteiger charge is 2.49. The molecule has 33 heavy (non-hydrogen) atoms. The maximum atomic E-state index is 9.59. The zero-order valence-electron chi connectivity index (χ0n) is 24.0. The molecule has 2 atom stereocenters. The van der Waals surface area contributed by atoms with Crippen molar-refractivity contribution in [1.29, 1.82) is 0 Å². The van der Waals surface area contributed by atoms with Gasteiger partial charge in [-0.3, -0.25) is 0 Å². The number of rotatable bonds is 19. The number of ether oxygens (including phenoxy) is 1. The molecule has 0 amide bonds. The molecule has 8 heteroatoms. The van der Waals surface area contributed by atoms with Crippen LogP contribution in [0.5, 0.6) is 0 Å². The van der Waals surface area contributed by atoms with Crippen molar-refractivity contribution in [2.45, 2.75) is 129 Å². The topological polar surface area (TPSA) is 68.2 Å². The molecule has 0 bridgehead atoms. The first kappa shape index (κ1) is 33.5. The molecule has 0 heterocycles. The van der Waals surface area contributed by atoms with E-state index in [-0.39, 0.29) is 18.4 Å². The fourth-order valence-corrected chi connectivity index (χ4v) is 14.3. The Balaban J connectivity index is 5.00. The van der Waals surface area contributed by atoms with Gasteiger partial charge in [-0.25, -0.2) is 0 Å². The first-order valence-corrected chi connectivity index (χ1v) is 22.6. The second kappa shape index (κ2) is 14.3. The molecular weight excluding hydrogens is 465 g/mol. The molecule has 0 aromatic rings. The van der Waals surface area contributed by atoms with Gasteiger partial charge in [-0.05, 0) is 65.3 Å². The molecule has 0 radical (unpaired) electrons. The Morgan fingerprint density at radius 2 is 1.42 bits per heavy atom. The van der Waals surface area contributed by atoms with Gasteiger partial charge >= 0.3 is 0 Å². The highest BCUT2D eigenvalue weighted by atomic mass is 28.4. The predicted octanol–water partition coefficient (Wildman–Crippen LogP) is 6.36. The highest BCUT2D eigenvalue weighted by Crippen LogP contribution is 2.36. The Morgan fingerprint density at radius 3 is 1.88 bits per heavy atom. The summed E-state index contributed by atoms with van der Waals surface area (Å²) in [4.78, 5) is 0. The molecular formula is C25H58O5Si3. The fourth-order valence-electron chi connectivity index (χ4n) is 4.20. The van der Waals surface area contributed by atoms with Crippen molar-refractivity contribution in [3.8, 4) is 0 Å². The number of unbranched alkanes of at least 4 members (excludes halogenated alkanes) is 1. The van der Waals surface area contributed by atoms with Gasteiger partial charge in [-0.2, -0.15) is 0 Å². The first-order valence-electron chi connectivity index (χ1n) is 13.3. The number of hydrogen-bond donors (Lipinski definition) is 2. The molecule has 0 rings (SSSR count). The van der Waals surface area contributed by atoms with E-state index in [0.29, 0.717) is 25.4 Å². The lowest BCUT2D eigenvalue weighted by Crippen LogP contribution is -2.63. The molecule has 0 aromatic carbocycles. The van der Waals surface area contributed by atoms with E-state index in [0.717, 1.165) is 18.9 Å². The Morgan fingerprint density at radius 1 is 0.848 bits per heavy atom. The van der Waals surface area contributed by atoms with Crippen LogP contribution in [-0.4, -0.2) is 72.3 Å². The van der Waals surface area contributed by atoms with Crippen LogP contribution in [0.2, 0.25) is 51.4 Å². The molecule has 0 aromatic heterocycles. The summed E-state index contributed by atoms with van der Waals surface area (Å²) < 4.78 is 19.8. The van der Waals surface area contributed by atoms with Gasteiger partial charge in [0.2, 0.25) is 8.32 Å². The minimum absolute atomic E-state index is 0.0472. The highest BCUT2D eigenvalue weighted by molar-refractivity contribution is 6.81. The van der Waals surface area contributed by atoms with E-state index in [1.165, 1.54) is 18.9 Å². The average molecular weight is 523 g/mol. The second-order valence-electron chi connectivity index (χ2n) is 12.1. The second-order valence-corrected chi connectivity index (χ2v) is 26.0. The lowest BCUT2D eigenvalue weighted by molar-refractivity contribution is -0.0299. The van der Waals surface area contributed by atoms with Gasteiger partial charge in [-0.15, -0.1) is 0 Å². The fraction of sp³-hybridized carbons (Fsp3) is 1.00. The summed E-state index contributed by atoms with van der Waals surface area (Å²) in [7, 11) is -5.46. The Labute approximate surface area is 209 Å². The molecule has 2 N–H and O–H groups in total. The van der Waals surface area contributed by atoms with Crippen LogP contribution in [0.3, 0.4) is 0 Å². The van der Waals surface area contributed by atoms with E-state index < -0.39 is 30.1 Å². The van der Waals surface area contributed by atoms with Crippen LogP contribution in [0, 0.1) is 5.41 Å². The van der Waals surface area contributed by atoms with Crippen LogP contribution in [-0.2, 0) is 13.6 Å². The van der Waals surface area contributed by atoms with Crippen LogP contribution in [0.4, 0.5) is 0 Å². The SMILES string of the molecule is CCCC[Si](C)(C)C(C)O[Si](C)(C)C(C)(CC)O[Si](C)(C)CCCOCC(CC)(CO)CO. The molecule has 200 valence electrons. The monoisotopic (exact) mass is 522 g/mol. The van der Waals surface area contributed by atoms with E-state index in [1.54, 1.807) is 0 Å². The van der Waals surface area contributed by atoms with Crippen LogP contribution < -0.4 is 0 Å². The normalized spacial score (nSPS) is 16.6. The van der Waals surface area contributed by atoms with Crippen molar-refractivity contribution in [2.24, 2.45) is 5.41 Å². The minimum atomic E-state index is -2.11. The van der Waals surface area contributed by atoms with Crippen LogP contribution in [0.25, 0.3) is 0 Å². The van der Waals surface area contributed by atoms with Crippen LogP contribution in [0.1, 0.15) is 66.7 Å². The lowest BCUT2D eigenvalue weighted by Gasteiger charge is -2.48. The number of hydrogen-bond acceptors (Lipinski definition) is 5. The van der Waals surface area contributed by atoms with Crippen molar-refractivity contribution in [1.82, 2.24) is 0 Å². The minimum Gasteiger partial charge on any atom is -0.415 e. The van der Waals surface area contributed by atoms with Crippen molar-refractivity contribution < 1.29 is 23.8 Å². The quantitative estimate of drug-likeness (QED) is 0.153. The summed E-state index contributed by atoms with van der Waals surface area (Å²) in [5.41, 5.74) is -0.183. The van der Waals surface area contributed by atoms with Gasteiger partial charge in [0.1, 0.15) is 0 Å². The summed E-state index contributed by atoms with van der Waals surface area (Å²) in [6.07, 6.45) is 5.16. The predicted molar refractivity (Wildman–Crippen MR) is 150 cm³/mol. The summed E-state index contributed by atoms with van der Waals surface area (Å²) in [5, 5.41) is 19.0. The molecule has 0 aliphatic rings. The van der Waals surface area contributed by atoms with Crippen molar-refractivity contribution >= 4 is 24.7 Å².